The molecule has 0 aromatic heterocycles. The molecule has 0 fully saturated rings. The molecule has 32 heavy (non-hydrogen) atoms. The molecular weight excluding hydrogens is 478 g/mol. The molecule has 1 aliphatic rings. The number of carbonyl (C=O) groups is 3. The third kappa shape index (κ3) is 5.88. The number of rotatable bonds is 8. The van der Waals surface area contributed by atoms with Gasteiger partial charge in [0.25, 0.3) is 5.91 Å². The van der Waals surface area contributed by atoms with Crippen molar-refractivity contribution in [3.8, 4) is 5.75 Å². The van der Waals surface area contributed by atoms with Crippen molar-refractivity contribution in [1.29, 1.82) is 0 Å². The fourth-order valence-electron chi connectivity index (χ4n) is 3.32. The van der Waals surface area contributed by atoms with Crippen molar-refractivity contribution in [2.75, 3.05) is 13.2 Å². The SMILES string of the molecule is CCOC(=O)COc1ccc(Br)cc1[C@@H]1NC(=O)NC(C)=C1C(=O)NCc1ccccc1. The van der Waals surface area contributed by atoms with Crippen molar-refractivity contribution < 1.29 is 23.9 Å². The van der Waals surface area contributed by atoms with Crippen molar-refractivity contribution in [1.82, 2.24) is 16.0 Å². The largest absolute Gasteiger partial charge is 0.482 e. The molecule has 2 aromatic carbocycles. The molecule has 168 valence electrons. The number of allylic oxidation sites excluding steroid dienone is 1. The molecule has 0 saturated heterocycles. The maximum atomic E-state index is 13.1. The van der Waals surface area contributed by atoms with Gasteiger partial charge in [-0.25, -0.2) is 9.59 Å². The summed E-state index contributed by atoms with van der Waals surface area (Å²) in [5.74, 6) is -0.488. The van der Waals surface area contributed by atoms with Gasteiger partial charge in [0.05, 0.1) is 18.2 Å². The van der Waals surface area contributed by atoms with Crippen molar-refractivity contribution in [3.05, 3.63) is 75.4 Å². The number of amides is 3. The number of benzene rings is 2. The minimum Gasteiger partial charge on any atom is -0.482 e. The Morgan fingerprint density at radius 2 is 1.91 bits per heavy atom. The van der Waals surface area contributed by atoms with Crippen molar-refractivity contribution in [2.45, 2.75) is 26.4 Å². The topological polar surface area (TPSA) is 106 Å². The molecule has 1 atom stereocenters. The zero-order valence-electron chi connectivity index (χ0n) is 17.7. The van der Waals surface area contributed by atoms with Gasteiger partial charge >= 0.3 is 12.0 Å². The molecule has 1 aliphatic heterocycles. The van der Waals surface area contributed by atoms with Crippen molar-refractivity contribution in [2.24, 2.45) is 0 Å². The molecule has 1 heterocycles. The Bertz CT molecular complexity index is 1040. The molecule has 0 aliphatic carbocycles. The van der Waals surface area contributed by atoms with E-state index in [0.717, 1.165) is 10.0 Å². The molecule has 0 bridgehead atoms. The first-order valence-electron chi connectivity index (χ1n) is 10.1. The molecule has 0 saturated carbocycles. The second kappa shape index (κ2) is 10.8. The van der Waals surface area contributed by atoms with Gasteiger partial charge in [0.15, 0.2) is 6.61 Å². The van der Waals surface area contributed by atoms with Crippen LogP contribution in [0.2, 0.25) is 0 Å². The zero-order valence-corrected chi connectivity index (χ0v) is 19.3. The second-order valence-corrected chi connectivity index (χ2v) is 7.93. The van der Waals surface area contributed by atoms with Gasteiger partial charge in [-0.3, -0.25) is 4.79 Å². The number of esters is 1. The number of nitrogens with one attached hydrogen (secondary N) is 3. The Hall–Kier alpha value is -3.33. The molecule has 0 unspecified atom stereocenters. The number of ether oxygens (including phenoxy) is 2. The van der Waals surface area contributed by atoms with Crippen LogP contribution < -0.4 is 20.7 Å². The van der Waals surface area contributed by atoms with E-state index in [4.69, 9.17) is 9.47 Å². The molecule has 0 radical (unpaired) electrons. The zero-order chi connectivity index (χ0) is 23.1. The van der Waals surface area contributed by atoms with E-state index < -0.39 is 18.0 Å². The van der Waals surface area contributed by atoms with E-state index in [0.29, 0.717) is 29.1 Å². The lowest BCUT2D eigenvalue weighted by Gasteiger charge is -2.30. The second-order valence-electron chi connectivity index (χ2n) is 7.01. The fraction of sp³-hybridized carbons (Fsp3) is 0.261. The third-order valence-corrected chi connectivity index (χ3v) is 5.24. The summed E-state index contributed by atoms with van der Waals surface area (Å²) in [5, 5.41) is 8.34. The van der Waals surface area contributed by atoms with E-state index in [9.17, 15) is 14.4 Å². The predicted molar refractivity (Wildman–Crippen MR) is 122 cm³/mol. The van der Waals surface area contributed by atoms with Gasteiger partial charge in [-0.2, -0.15) is 0 Å². The third-order valence-electron chi connectivity index (χ3n) is 4.74. The normalized spacial score (nSPS) is 15.5. The van der Waals surface area contributed by atoms with Gasteiger partial charge in [0, 0.05) is 22.3 Å². The molecule has 2 aromatic rings. The van der Waals surface area contributed by atoms with E-state index in [2.05, 4.69) is 31.9 Å². The summed E-state index contributed by atoms with van der Waals surface area (Å²) in [6.07, 6.45) is 0. The summed E-state index contributed by atoms with van der Waals surface area (Å²) < 4.78 is 11.3. The summed E-state index contributed by atoms with van der Waals surface area (Å²) >= 11 is 3.42. The van der Waals surface area contributed by atoms with Crippen LogP contribution >= 0.6 is 15.9 Å². The van der Waals surface area contributed by atoms with Crippen LogP contribution in [-0.2, 0) is 20.9 Å². The highest BCUT2D eigenvalue weighted by Gasteiger charge is 2.33. The number of halogens is 1. The molecule has 8 nitrogen and oxygen atoms in total. The molecule has 9 heteroatoms. The minimum absolute atomic E-state index is 0.243. The van der Waals surface area contributed by atoms with Gasteiger partial charge in [0.2, 0.25) is 0 Å². The maximum Gasteiger partial charge on any atom is 0.344 e. The average Bonchev–Trinajstić information content (AvgIpc) is 2.77. The summed E-state index contributed by atoms with van der Waals surface area (Å²) in [6, 6.07) is 13.5. The van der Waals surface area contributed by atoms with E-state index in [1.807, 2.05) is 30.3 Å². The smallest absolute Gasteiger partial charge is 0.344 e. The minimum atomic E-state index is -0.783. The van der Waals surface area contributed by atoms with Crippen LogP contribution in [0.25, 0.3) is 0 Å². The highest BCUT2D eigenvalue weighted by Crippen LogP contribution is 2.35. The first-order chi connectivity index (χ1) is 15.4. The maximum absolute atomic E-state index is 13.1. The standard InChI is InChI=1S/C23H24BrN3O5/c1-3-31-19(28)13-32-18-10-9-16(24)11-17(18)21-20(14(2)26-23(30)27-21)22(29)25-12-15-7-5-4-6-8-15/h4-11,21H,3,12-13H2,1-2H3,(H,25,29)(H2,26,27,30)/t21-/m0/s1. The van der Waals surface area contributed by atoms with Crippen LogP contribution in [0.15, 0.2) is 64.3 Å². The first-order valence-corrected chi connectivity index (χ1v) is 10.9. The van der Waals surface area contributed by atoms with Crippen LogP contribution in [0.3, 0.4) is 0 Å². The summed E-state index contributed by atoms with van der Waals surface area (Å²) in [7, 11) is 0. The van der Waals surface area contributed by atoms with Gasteiger partial charge in [-0.05, 0) is 37.6 Å². The predicted octanol–water partition coefficient (Wildman–Crippen LogP) is 3.34. The van der Waals surface area contributed by atoms with E-state index in [-0.39, 0.29) is 19.1 Å². The lowest BCUT2D eigenvalue weighted by molar-refractivity contribution is -0.145. The van der Waals surface area contributed by atoms with Crippen LogP contribution in [0.5, 0.6) is 5.75 Å². The van der Waals surface area contributed by atoms with Gasteiger partial charge in [-0.1, -0.05) is 46.3 Å². The summed E-state index contributed by atoms with van der Waals surface area (Å²) in [4.78, 5) is 37.1. The van der Waals surface area contributed by atoms with Crippen LogP contribution in [0.4, 0.5) is 4.79 Å². The quantitative estimate of drug-likeness (QED) is 0.481. The Balaban J connectivity index is 1.89. The lowest BCUT2D eigenvalue weighted by Crippen LogP contribution is -2.47. The molecule has 3 amide bonds. The van der Waals surface area contributed by atoms with Gasteiger partial charge in [-0.15, -0.1) is 0 Å². The highest BCUT2D eigenvalue weighted by atomic mass is 79.9. The Kier molecular flexibility index (Phi) is 7.88. The number of urea groups is 1. The fourth-order valence-corrected chi connectivity index (χ4v) is 3.70. The Labute approximate surface area is 194 Å². The summed E-state index contributed by atoms with van der Waals surface area (Å²) in [6.45, 7) is 3.66. The van der Waals surface area contributed by atoms with E-state index in [1.54, 1.807) is 32.0 Å². The molecular formula is C23H24BrN3O5. The van der Waals surface area contributed by atoms with Crippen LogP contribution in [-0.4, -0.2) is 31.1 Å². The molecule has 3 rings (SSSR count). The first kappa shape index (κ1) is 23.3. The van der Waals surface area contributed by atoms with Crippen molar-refractivity contribution in [3.63, 3.8) is 0 Å². The number of hydrogen-bond acceptors (Lipinski definition) is 5. The molecule has 3 N–H and O–H groups in total. The van der Waals surface area contributed by atoms with Crippen molar-refractivity contribution >= 4 is 33.8 Å². The van der Waals surface area contributed by atoms with E-state index >= 15 is 0 Å². The van der Waals surface area contributed by atoms with Crippen LogP contribution in [0, 0.1) is 0 Å². The Morgan fingerprint density at radius 3 is 2.62 bits per heavy atom. The van der Waals surface area contributed by atoms with Crippen LogP contribution in [0.1, 0.15) is 31.0 Å². The summed E-state index contributed by atoms with van der Waals surface area (Å²) in [5.41, 5.74) is 2.26. The van der Waals surface area contributed by atoms with E-state index in [1.165, 1.54) is 0 Å². The lowest BCUT2D eigenvalue weighted by atomic mass is 9.94. The number of hydrogen-bond donors (Lipinski definition) is 3. The monoisotopic (exact) mass is 501 g/mol. The average molecular weight is 502 g/mol. The van der Waals surface area contributed by atoms with Gasteiger partial charge < -0.3 is 25.4 Å². The number of carbonyl (C=O) groups excluding carboxylic acids is 3. The highest BCUT2D eigenvalue weighted by molar-refractivity contribution is 9.10. The Morgan fingerprint density at radius 1 is 1.16 bits per heavy atom. The van der Waals surface area contributed by atoms with Gasteiger partial charge in [0.1, 0.15) is 5.75 Å². The molecule has 0 spiro atoms.